The zero-order valence-electron chi connectivity index (χ0n) is 8.54. The highest BCUT2D eigenvalue weighted by Crippen LogP contribution is 1.96. The molecular formula is C8H12N4O3. The summed E-state index contributed by atoms with van der Waals surface area (Å²) in [5, 5.41) is 15.6. The van der Waals surface area contributed by atoms with Gasteiger partial charge in [0.25, 0.3) is 0 Å². The molecule has 0 saturated carbocycles. The van der Waals surface area contributed by atoms with Gasteiger partial charge >= 0.3 is 5.97 Å². The number of carboxylic acids is 1. The van der Waals surface area contributed by atoms with E-state index in [1.54, 1.807) is 14.1 Å². The van der Waals surface area contributed by atoms with Crippen LogP contribution in [-0.4, -0.2) is 51.0 Å². The van der Waals surface area contributed by atoms with Gasteiger partial charge in [-0.15, -0.1) is 5.10 Å². The predicted octanol–water partition coefficient (Wildman–Crippen LogP) is -0.545. The topological polar surface area (TPSA) is 88.3 Å². The van der Waals surface area contributed by atoms with Crippen LogP contribution in [0.1, 0.15) is 16.9 Å². The van der Waals surface area contributed by atoms with Crippen molar-refractivity contribution >= 4 is 11.9 Å². The molecule has 82 valence electrons. The molecule has 1 rings (SSSR count). The van der Waals surface area contributed by atoms with E-state index in [4.69, 9.17) is 5.11 Å². The van der Waals surface area contributed by atoms with Crippen molar-refractivity contribution in [2.24, 2.45) is 0 Å². The molecule has 7 heteroatoms. The fourth-order valence-corrected chi connectivity index (χ4v) is 0.939. The van der Waals surface area contributed by atoms with E-state index in [9.17, 15) is 9.59 Å². The molecular weight excluding hydrogens is 200 g/mol. The van der Waals surface area contributed by atoms with Crippen LogP contribution in [0.5, 0.6) is 0 Å². The molecule has 1 aromatic rings. The van der Waals surface area contributed by atoms with E-state index in [1.165, 1.54) is 15.8 Å². The molecule has 0 aliphatic carbocycles. The molecule has 0 saturated heterocycles. The Balaban J connectivity index is 2.51. The highest BCUT2D eigenvalue weighted by atomic mass is 16.4. The largest absolute Gasteiger partial charge is 0.476 e. The summed E-state index contributed by atoms with van der Waals surface area (Å²) in [5.41, 5.74) is -0.118. The molecule has 1 amide bonds. The summed E-state index contributed by atoms with van der Waals surface area (Å²) in [5.74, 6) is -1.16. The maximum absolute atomic E-state index is 11.2. The molecule has 0 aromatic carbocycles. The molecule has 0 unspecified atom stereocenters. The third-order valence-electron chi connectivity index (χ3n) is 1.81. The van der Waals surface area contributed by atoms with Gasteiger partial charge in [0.15, 0.2) is 5.69 Å². The number of carbonyl (C=O) groups excluding carboxylic acids is 1. The van der Waals surface area contributed by atoms with Crippen LogP contribution >= 0.6 is 0 Å². The Morgan fingerprint density at radius 3 is 2.67 bits per heavy atom. The van der Waals surface area contributed by atoms with Crippen molar-refractivity contribution in [2.45, 2.75) is 13.0 Å². The molecule has 0 atom stereocenters. The Morgan fingerprint density at radius 1 is 1.53 bits per heavy atom. The van der Waals surface area contributed by atoms with E-state index in [2.05, 4.69) is 10.3 Å². The monoisotopic (exact) mass is 212 g/mol. The van der Waals surface area contributed by atoms with Gasteiger partial charge in [-0.2, -0.15) is 0 Å². The lowest BCUT2D eigenvalue weighted by Crippen LogP contribution is -2.23. The highest BCUT2D eigenvalue weighted by Gasteiger charge is 2.09. The summed E-state index contributed by atoms with van der Waals surface area (Å²) in [6, 6.07) is 0. The number of rotatable bonds is 4. The van der Waals surface area contributed by atoms with Crippen LogP contribution in [0.15, 0.2) is 6.20 Å². The Labute approximate surface area is 86.3 Å². The van der Waals surface area contributed by atoms with Crippen molar-refractivity contribution in [3.05, 3.63) is 11.9 Å². The van der Waals surface area contributed by atoms with Crippen LogP contribution in [-0.2, 0) is 11.3 Å². The minimum absolute atomic E-state index is 0.0395. The first-order chi connectivity index (χ1) is 7.00. The summed E-state index contributed by atoms with van der Waals surface area (Å²) >= 11 is 0. The maximum atomic E-state index is 11.2. The molecule has 0 fully saturated rings. The minimum Gasteiger partial charge on any atom is -0.476 e. The number of aryl methyl sites for hydroxylation is 1. The third kappa shape index (κ3) is 3.04. The van der Waals surface area contributed by atoms with Crippen molar-refractivity contribution in [2.75, 3.05) is 14.1 Å². The summed E-state index contributed by atoms with van der Waals surface area (Å²) in [7, 11) is 3.32. The van der Waals surface area contributed by atoms with Crippen molar-refractivity contribution in [3.8, 4) is 0 Å². The highest BCUT2D eigenvalue weighted by molar-refractivity contribution is 5.84. The molecule has 1 heterocycles. The number of hydrogen-bond acceptors (Lipinski definition) is 4. The number of carbonyl (C=O) groups is 2. The molecule has 0 radical (unpaired) electrons. The average Bonchev–Trinajstić information content (AvgIpc) is 2.62. The number of hydrogen-bond donors (Lipinski definition) is 1. The summed E-state index contributed by atoms with van der Waals surface area (Å²) in [4.78, 5) is 23.1. The van der Waals surface area contributed by atoms with Gasteiger partial charge in [-0.1, -0.05) is 5.21 Å². The first kappa shape index (κ1) is 11.2. The molecule has 0 aliphatic heterocycles. The van der Waals surface area contributed by atoms with E-state index in [-0.39, 0.29) is 18.0 Å². The fraction of sp³-hybridized carbons (Fsp3) is 0.500. The van der Waals surface area contributed by atoms with E-state index in [1.807, 2.05) is 0 Å². The average molecular weight is 212 g/mol. The molecule has 0 spiro atoms. The molecule has 1 N–H and O–H groups in total. The minimum atomic E-state index is -1.12. The van der Waals surface area contributed by atoms with Gasteiger partial charge in [0.1, 0.15) is 0 Å². The smallest absolute Gasteiger partial charge is 0.358 e. The predicted molar refractivity (Wildman–Crippen MR) is 50.3 cm³/mol. The van der Waals surface area contributed by atoms with Gasteiger partial charge in [0, 0.05) is 20.5 Å². The number of aromatic nitrogens is 3. The zero-order valence-corrected chi connectivity index (χ0v) is 8.54. The van der Waals surface area contributed by atoms with Gasteiger partial charge in [0.2, 0.25) is 5.91 Å². The summed E-state index contributed by atoms with van der Waals surface area (Å²) in [6.45, 7) is 0.331. The molecule has 0 bridgehead atoms. The van der Waals surface area contributed by atoms with Crippen LogP contribution < -0.4 is 0 Å². The quantitative estimate of drug-likeness (QED) is 0.723. The van der Waals surface area contributed by atoms with Crippen LogP contribution in [0.2, 0.25) is 0 Å². The van der Waals surface area contributed by atoms with E-state index >= 15 is 0 Å². The number of aromatic carboxylic acids is 1. The second-order valence-corrected chi connectivity index (χ2v) is 3.21. The fourth-order valence-electron chi connectivity index (χ4n) is 0.939. The number of amides is 1. The van der Waals surface area contributed by atoms with Crippen molar-refractivity contribution in [1.82, 2.24) is 19.9 Å². The van der Waals surface area contributed by atoms with Gasteiger partial charge in [0.05, 0.1) is 12.7 Å². The van der Waals surface area contributed by atoms with Crippen molar-refractivity contribution < 1.29 is 14.7 Å². The SMILES string of the molecule is CN(C)C(=O)CCn1cc(C(=O)O)nn1. The lowest BCUT2D eigenvalue weighted by molar-refractivity contribution is -0.128. The summed E-state index contributed by atoms with van der Waals surface area (Å²) < 4.78 is 1.34. The summed E-state index contributed by atoms with van der Waals surface area (Å²) in [6.07, 6.45) is 1.57. The number of carboxylic acid groups (broad SMARTS) is 1. The van der Waals surface area contributed by atoms with E-state index in [0.29, 0.717) is 6.54 Å². The first-order valence-electron chi connectivity index (χ1n) is 4.34. The Morgan fingerprint density at radius 2 is 2.20 bits per heavy atom. The molecule has 0 aliphatic rings. The Bertz CT molecular complexity index is 372. The molecule has 7 nitrogen and oxygen atoms in total. The maximum Gasteiger partial charge on any atom is 0.358 e. The van der Waals surface area contributed by atoms with Gasteiger partial charge in [-0.3, -0.25) is 9.48 Å². The van der Waals surface area contributed by atoms with Crippen LogP contribution in [0.25, 0.3) is 0 Å². The van der Waals surface area contributed by atoms with Gasteiger partial charge in [-0.25, -0.2) is 4.79 Å². The van der Waals surface area contributed by atoms with Crippen molar-refractivity contribution in [3.63, 3.8) is 0 Å². The number of nitrogens with zero attached hydrogens (tertiary/aromatic N) is 4. The van der Waals surface area contributed by atoms with Crippen LogP contribution in [0.4, 0.5) is 0 Å². The van der Waals surface area contributed by atoms with E-state index in [0.717, 1.165) is 0 Å². The standard InChI is InChI=1S/C8H12N4O3/c1-11(2)7(13)3-4-12-5-6(8(14)15)9-10-12/h5H,3-4H2,1-2H3,(H,14,15). The zero-order chi connectivity index (χ0) is 11.4. The Kier molecular flexibility index (Phi) is 3.37. The lowest BCUT2D eigenvalue weighted by Gasteiger charge is -2.09. The first-order valence-corrected chi connectivity index (χ1v) is 4.34. The van der Waals surface area contributed by atoms with Crippen LogP contribution in [0.3, 0.4) is 0 Å². The third-order valence-corrected chi connectivity index (χ3v) is 1.81. The molecule has 1 aromatic heterocycles. The Hall–Kier alpha value is -1.92. The lowest BCUT2D eigenvalue weighted by atomic mass is 10.4. The second-order valence-electron chi connectivity index (χ2n) is 3.21. The molecule has 15 heavy (non-hydrogen) atoms. The second kappa shape index (κ2) is 4.54. The van der Waals surface area contributed by atoms with Crippen LogP contribution in [0, 0.1) is 0 Å². The van der Waals surface area contributed by atoms with Gasteiger partial charge in [-0.05, 0) is 0 Å². The van der Waals surface area contributed by atoms with Crippen molar-refractivity contribution in [1.29, 1.82) is 0 Å². The normalized spacial score (nSPS) is 10.0. The van der Waals surface area contributed by atoms with Gasteiger partial charge < -0.3 is 10.0 Å². The van der Waals surface area contributed by atoms with E-state index < -0.39 is 5.97 Å².